The molecule has 162 valence electrons. The maximum absolute atomic E-state index is 11.9. The summed E-state index contributed by atoms with van der Waals surface area (Å²) in [5.74, 6) is -0.191. The molecule has 6 N–H and O–H groups in total. The van der Waals surface area contributed by atoms with Gasteiger partial charge in [-0.15, -0.1) is 0 Å². The van der Waals surface area contributed by atoms with Crippen LogP contribution in [0.15, 0.2) is 42.5 Å². The number of hydrogen-bond acceptors (Lipinski definition) is 7. The van der Waals surface area contributed by atoms with Crippen LogP contribution in [0.4, 0.5) is 0 Å². The molecule has 1 aliphatic rings. The summed E-state index contributed by atoms with van der Waals surface area (Å²) < 4.78 is 5.47. The number of amides is 1. The maximum Gasteiger partial charge on any atom is 0.251 e. The minimum absolute atomic E-state index is 0.191. The molecule has 1 heterocycles. The van der Waals surface area contributed by atoms with Gasteiger partial charge < -0.3 is 35.6 Å². The number of hydrogen-bond donors (Lipinski definition) is 6. The summed E-state index contributed by atoms with van der Waals surface area (Å²) in [6, 6.07) is 12.4. The summed E-state index contributed by atoms with van der Waals surface area (Å²) in [5, 5.41) is 52.9. The molecular formula is C22H27NO7. The van der Waals surface area contributed by atoms with Gasteiger partial charge in [-0.2, -0.15) is 0 Å². The number of rotatable bonds is 5. The van der Waals surface area contributed by atoms with E-state index < -0.39 is 43.2 Å². The Balaban J connectivity index is 1.87. The molecule has 0 aliphatic carbocycles. The quantitative estimate of drug-likeness (QED) is 0.399. The molecule has 30 heavy (non-hydrogen) atoms. The third kappa shape index (κ3) is 4.24. The van der Waals surface area contributed by atoms with E-state index in [0.29, 0.717) is 16.7 Å². The molecule has 1 saturated heterocycles. The van der Waals surface area contributed by atoms with E-state index in [-0.39, 0.29) is 5.91 Å². The summed E-state index contributed by atoms with van der Waals surface area (Å²) in [4.78, 5) is 11.9. The lowest BCUT2D eigenvalue weighted by Crippen LogP contribution is -2.59. The van der Waals surface area contributed by atoms with Crippen LogP contribution in [0.1, 0.15) is 27.6 Å². The Labute approximate surface area is 174 Å². The number of benzene rings is 2. The highest BCUT2D eigenvalue weighted by atomic mass is 16.6. The second kappa shape index (κ2) is 9.22. The third-order valence-electron chi connectivity index (χ3n) is 5.51. The largest absolute Gasteiger partial charge is 0.394 e. The lowest BCUT2D eigenvalue weighted by atomic mass is 9.87. The molecule has 2 aromatic carbocycles. The Kier molecular flexibility index (Phi) is 6.87. The number of ether oxygens (including phenoxy) is 1. The molecular weight excluding hydrogens is 390 g/mol. The lowest BCUT2D eigenvalue weighted by molar-refractivity contribution is -0.250. The SMILES string of the molecule is CNC(=O)c1cccc(-c2ccc([C@H](O)C3OC(CO)C(O)C(O)C3O)c(C)c2)c1. The molecule has 2 aromatic rings. The van der Waals surface area contributed by atoms with E-state index in [2.05, 4.69) is 5.32 Å². The van der Waals surface area contributed by atoms with Crippen LogP contribution < -0.4 is 5.32 Å². The minimum Gasteiger partial charge on any atom is -0.394 e. The Bertz CT molecular complexity index is 901. The molecule has 0 saturated carbocycles. The van der Waals surface area contributed by atoms with Crippen LogP contribution in [-0.4, -0.2) is 75.6 Å². The monoisotopic (exact) mass is 417 g/mol. The minimum atomic E-state index is -1.55. The van der Waals surface area contributed by atoms with Gasteiger partial charge in [-0.3, -0.25) is 4.79 Å². The molecule has 8 nitrogen and oxygen atoms in total. The average Bonchev–Trinajstić information content (AvgIpc) is 2.76. The van der Waals surface area contributed by atoms with Crippen LogP contribution in [0.2, 0.25) is 0 Å². The summed E-state index contributed by atoms with van der Waals surface area (Å²) in [6.45, 7) is 1.22. The molecule has 3 rings (SSSR count). The molecule has 0 bridgehead atoms. The van der Waals surface area contributed by atoms with Crippen LogP contribution in [0.25, 0.3) is 11.1 Å². The van der Waals surface area contributed by atoms with E-state index in [1.54, 1.807) is 44.3 Å². The van der Waals surface area contributed by atoms with Crippen molar-refractivity contribution in [1.82, 2.24) is 5.32 Å². The van der Waals surface area contributed by atoms with Gasteiger partial charge in [0.15, 0.2) is 0 Å². The molecule has 1 amide bonds. The van der Waals surface area contributed by atoms with E-state index in [4.69, 9.17) is 4.74 Å². The van der Waals surface area contributed by atoms with Crippen LogP contribution in [0, 0.1) is 6.92 Å². The van der Waals surface area contributed by atoms with E-state index in [9.17, 15) is 30.3 Å². The Morgan fingerprint density at radius 2 is 1.77 bits per heavy atom. The second-order valence-corrected chi connectivity index (χ2v) is 7.47. The predicted octanol–water partition coefficient (Wildman–Crippen LogP) is -0.103. The van der Waals surface area contributed by atoms with Gasteiger partial charge in [0.25, 0.3) is 5.91 Å². The number of carbonyl (C=O) groups is 1. The smallest absolute Gasteiger partial charge is 0.251 e. The van der Waals surface area contributed by atoms with Gasteiger partial charge in [-0.1, -0.05) is 30.3 Å². The number of nitrogens with one attached hydrogen (secondary N) is 1. The maximum atomic E-state index is 11.9. The Morgan fingerprint density at radius 3 is 2.40 bits per heavy atom. The molecule has 0 radical (unpaired) electrons. The van der Waals surface area contributed by atoms with Crippen molar-refractivity contribution in [3.05, 3.63) is 59.2 Å². The van der Waals surface area contributed by atoms with Crippen molar-refractivity contribution in [1.29, 1.82) is 0 Å². The highest BCUT2D eigenvalue weighted by molar-refractivity contribution is 5.95. The van der Waals surface area contributed by atoms with Crippen molar-refractivity contribution in [2.45, 2.75) is 43.5 Å². The van der Waals surface area contributed by atoms with Crippen molar-refractivity contribution in [2.24, 2.45) is 0 Å². The molecule has 8 heteroatoms. The van der Waals surface area contributed by atoms with Gasteiger partial charge in [0.1, 0.15) is 36.6 Å². The average molecular weight is 417 g/mol. The second-order valence-electron chi connectivity index (χ2n) is 7.47. The fourth-order valence-electron chi connectivity index (χ4n) is 3.74. The van der Waals surface area contributed by atoms with E-state index >= 15 is 0 Å². The number of aliphatic hydroxyl groups excluding tert-OH is 5. The van der Waals surface area contributed by atoms with Gasteiger partial charge >= 0.3 is 0 Å². The zero-order valence-electron chi connectivity index (χ0n) is 16.8. The normalized spacial score (nSPS) is 27.5. The van der Waals surface area contributed by atoms with Gasteiger partial charge in [-0.05, 0) is 41.3 Å². The molecule has 1 aliphatic heterocycles. The molecule has 0 spiro atoms. The molecule has 6 atom stereocenters. The van der Waals surface area contributed by atoms with Crippen LogP contribution in [-0.2, 0) is 4.74 Å². The zero-order valence-corrected chi connectivity index (χ0v) is 16.8. The van der Waals surface area contributed by atoms with Crippen molar-refractivity contribution in [3.63, 3.8) is 0 Å². The predicted molar refractivity (Wildman–Crippen MR) is 109 cm³/mol. The first-order valence-corrected chi connectivity index (χ1v) is 9.70. The summed E-state index contributed by atoms with van der Waals surface area (Å²) >= 11 is 0. The third-order valence-corrected chi connectivity index (χ3v) is 5.51. The highest BCUT2D eigenvalue weighted by Gasteiger charge is 2.46. The molecule has 1 fully saturated rings. The standard InChI is InChI=1S/C22H27NO7/c1-11-8-13(12-4-3-5-14(9-12)22(29)23-2)6-7-15(11)17(25)21-20(28)19(27)18(26)16(10-24)30-21/h3-9,16-21,24-28H,10H2,1-2H3,(H,23,29)/t16?,17-,18?,19?,20?,21?/m0/s1. The summed E-state index contributed by atoms with van der Waals surface area (Å²) in [6.07, 6.45) is -8.16. The number of carbonyl (C=O) groups excluding carboxylic acids is 1. The first kappa shape index (κ1) is 22.4. The first-order chi connectivity index (χ1) is 14.3. The zero-order chi connectivity index (χ0) is 22.0. The summed E-state index contributed by atoms with van der Waals surface area (Å²) in [7, 11) is 1.56. The van der Waals surface area contributed by atoms with E-state index in [1.165, 1.54) is 0 Å². The van der Waals surface area contributed by atoms with Gasteiger partial charge in [-0.25, -0.2) is 0 Å². The van der Waals surface area contributed by atoms with E-state index in [1.807, 2.05) is 12.1 Å². The van der Waals surface area contributed by atoms with E-state index in [0.717, 1.165) is 11.1 Å². The first-order valence-electron chi connectivity index (χ1n) is 9.70. The summed E-state index contributed by atoms with van der Waals surface area (Å²) in [5.41, 5.74) is 3.38. The topological polar surface area (TPSA) is 139 Å². The van der Waals surface area contributed by atoms with Crippen LogP contribution in [0.3, 0.4) is 0 Å². The fraction of sp³-hybridized carbons (Fsp3) is 0.409. The fourth-order valence-corrected chi connectivity index (χ4v) is 3.74. The van der Waals surface area contributed by atoms with Crippen LogP contribution >= 0.6 is 0 Å². The van der Waals surface area contributed by atoms with Crippen molar-refractivity contribution in [3.8, 4) is 11.1 Å². The van der Waals surface area contributed by atoms with Gasteiger partial charge in [0, 0.05) is 12.6 Å². The highest BCUT2D eigenvalue weighted by Crippen LogP contribution is 2.33. The van der Waals surface area contributed by atoms with Gasteiger partial charge in [0.05, 0.1) is 6.61 Å². The van der Waals surface area contributed by atoms with Crippen molar-refractivity contribution in [2.75, 3.05) is 13.7 Å². The van der Waals surface area contributed by atoms with Gasteiger partial charge in [0.2, 0.25) is 0 Å². The molecule has 5 unspecified atom stereocenters. The molecule has 0 aromatic heterocycles. The Morgan fingerprint density at radius 1 is 1.07 bits per heavy atom. The lowest BCUT2D eigenvalue weighted by Gasteiger charge is -2.42. The van der Waals surface area contributed by atoms with Crippen molar-refractivity contribution < 1.29 is 35.1 Å². The number of aryl methyl sites for hydroxylation is 1. The van der Waals surface area contributed by atoms with Crippen LogP contribution in [0.5, 0.6) is 0 Å². The van der Waals surface area contributed by atoms with Crippen molar-refractivity contribution >= 4 is 5.91 Å². The Hall–Kier alpha value is -2.33. The number of aliphatic hydroxyl groups is 5.